The minimum absolute atomic E-state index is 0.181. The van der Waals surface area contributed by atoms with Gasteiger partial charge in [0.15, 0.2) is 11.6 Å². The number of nitrogens with one attached hydrogen (secondary N) is 1. The zero-order chi connectivity index (χ0) is 19.2. The predicted octanol–water partition coefficient (Wildman–Crippen LogP) is 4.64. The number of aromatic nitrogens is 1. The molecule has 0 radical (unpaired) electrons. The molecule has 3 aromatic rings. The number of anilines is 2. The van der Waals surface area contributed by atoms with Crippen LogP contribution in [0.2, 0.25) is 0 Å². The highest BCUT2D eigenvalue weighted by Crippen LogP contribution is 2.19. The molecule has 1 heterocycles. The van der Waals surface area contributed by atoms with E-state index >= 15 is 0 Å². The quantitative estimate of drug-likeness (QED) is 0.690. The molecule has 138 valence electrons. The van der Waals surface area contributed by atoms with Gasteiger partial charge in [-0.1, -0.05) is 30.3 Å². The third-order valence-electron chi connectivity index (χ3n) is 4.13. The molecule has 0 bridgehead atoms. The van der Waals surface area contributed by atoms with E-state index in [1.54, 1.807) is 12.3 Å². The van der Waals surface area contributed by atoms with Gasteiger partial charge in [0.2, 0.25) is 0 Å². The zero-order valence-electron chi connectivity index (χ0n) is 14.8. The lowest BCUT2D eigenvalue weighted by molar-refractivity contribution is 0.102. The van der Waals surface area contributed by atoms with E-state index in [-0.39, 0.29) is 5.69 Å². The van der Waals surface area contributed by atoms with E-state index < -0.39 is 17.5 Å². The maximum absolute atomic E-state index is 13.3. The fraction of sp³-hybridized carbons (Fsp3) is 0.143. The van der Waals surface area contributed by atoms with Gasteiger partial charge >= 0.3 is 0 Å². The average molecular weight is 367 g/mol. The Bertz CT molecular complexity index is 932. The van der Waals surface area contributed by atoms with Gasteiger partial charge in [0, 0.05) is 31.0 Å². The molecule has 0 saturated carbocycles. The topological polar surface area (TPSA) is 45.2 Å². The van der Waals surface area contributed by atoms with Gasteiger partial charge in [-0.2, -0.15) is 0 Å². The summed E-state index contributed by atoms with van der Waals surface area (Å²) in [6.07, 6.45) is 3.13. The first-order valence-electron chi connectivity index (χ1n) is 8.57. The number of halogens is 2. The lowest BCUT2D eigenvalue weighted by atomic mass is 10.2. The van der Waals surface area contributed by atoms with Gasteiger partial charge in [0.1, 0.15) is 0 Å². The summed E-state index contributed by atoms with van der Waals surface area (Å²) in [5.74, 6) is -2.41. The number of rotatable bonds is 6. The van der Waals surface area contributed by atoms with Crippen LogP contribution >= 0.6 is 0 Å². The summed E-state index contributed by atoms with van der Waals surface area (Å²) >= 11 is 0. The van der Waals surface area contributed by atoms with E-state index in [4.69, 9.17) is 0 Å². The van der Waals surface area contributed by atoms with Gasteiger partial charge in [-0.25, -0.2) is 8.78 Å². The molecule has 0 atom stereocenters. The Labute approximate surface area is 156 Å². The fourth-order valence-electron chi connectivity index (χ4n) is 2.69. The third-order valence-corrected chi connectivity index (χ3v) is 4.13. The monoisotopic (exact) mass is 367 g/mol. The van der Waals surface area contributed by atoms with Gasteiger partial charge in [-0.05, 0) is 30.7 Å². The molecule has 3 rings (SSSR count). The van der Waals surface area contributed by atoms with Gasteiger partial charge < -0.3 is 10.2 Å². The normalized spacial score (nSPS) is 10.5. The summed E-state index contributed by atoms with van der Waals surface area (Å²) in [6.45, 7) is 3.45. The first kappa shape index (κ1) is 18.5. The number of benzene rings is 2. The Balaban J connectivity index is 1.77. The van der Waals surface area contributed by atoms with Gasteiger partial charge in [-0.3, -0.25) is 9.78 Å². The van der Waals surface area contributed by atoms with E-state index in [9.17, 15) is 13.6 Å². The number of carbonyl (C=O) groups is 1. The Morgan fingerprint density at radius 3 is 2.52 bits per heavy atom. The number of carbonyl (C=O) groups excluding carboxylic acids is 1. The second kappa shape index (κ2) is 8.40. The highest BCUT2D eigenvalue weighted by Gasteiger charge is 2.12. The highest BCUT2D eigenvalue weighted by molar-refractivity contribution is 6.04. The standard InChI is InChI=1S/C21H19F2N3O/c1-2-26(14-15-6-4-3-5-7-15)18-10-16(12-24-13-18)21(27)25-17-8-9-19(22)20(23)11-17/h3-13H,2,14H2,1H3,(H,25,27). The van der Waals surface area contributed by atoms with Crippen LogP contribution in [-0.2, 0) is 6.54 Å². The molecule has 0 aliphatic heterocycles. The van der Waals surface area contributed by atoms with Crippen molar-refractivity contribution >= 4 is 17.3 Å². The van der Waals surface area contributed by atoms with Gasteiger partial charge in [-0.15, -0.1) is 0 Å². The number of pyridine rings is 1. The molecule has 1 amide bonds. The molecule has 2 aromatic carbocycles. The molecule has 0 aliphatic carbocycles. The van der Waals surface area contributed by atoms with Crippen LogP contribution in [-0.4, -0.2) is 17.4 Å². The van der Waals surface area contributed by atoms with Crippen LogP contribution in [0.3, 0.4) is 0 Å². The summed E-state index contributed by atoms with van der Waals surface area (Å²) in [7, 11) is 0. The van der Waals surface area contributed by atoms with Crippen molar-refractivity contribution in [1.82, 2.24) is 4.98 Å². The molecule has 4 nitrogen and oxygen atoms in total. The van der Waals surface area contributed by atoms with E-state index in [1.165, 1.54) is 12.3 Å². The first-order chi connectivity index (χ1) is 13.1. The number of amides is 1. The van der Waals surface area contributed by atoms with E-state index in [0.29, 0.717) is 12.1 Å². The summed E-state index contributed by atoms with van der Waals surface area (Å²) < 4.78 is 26.3. The smallest absolute Gasteiger partial charge is 0.257 e. The number of nitrogens with zero attached hydrogens (tertiary/aromatic N) is 2. The molecule has 0 fully saturated rings. The molecule has 6 heteroatoms. The fourth-order valence-corrected chi connectivity index (χ4v) is 2.69. The minimum Gasteiger partial charge on any atom is -0.366 e. The van der Waals surface area contributed by atoms with Crippen molar-refractivity contribution in [1.29, 1.82) is 0 Å². The van der Waals surface area contributed by atoms with Gasteiger partial charge in [0.05, 0.1) is 17.4 Å². The predicted molar refractivity (Wildman–Crippen MR) is 102 cm³/mol. The summed E-state index contributed by atoms with van der Waals surface area (Å²) in [4.78, 5) is 18.7. The summed E-state index contributed by atoms with van der Waals surface area (Å²) in [6, 6.07) is 14.9. The van der Waals surface area contributed by atoms with Crippen LogP contribution < -0.4 is 10.2 Å². The van der Waals surface area contributed by atoms with E-state index in [2.05, 4.69) is 15.2 Å². The third kappa shape index (κ3) is 4.67. The Morgan fingerprint density at radius 1 is 1.04 bits per heavy atom. The lowest BCUT2D eigenvalue weighted by Crippen LogP contribution is -2.23. The molecule has 1 aromatic heterocycles. The second-order valence-corrected chi connectivity index (χ2v) is 6.01. The number of hydrogen-bond acceptors (Lipinski definition) is 3. The average Bonchev–Trinajstić information content (AvgIpc) is 2.70. The molecular formula is C21H19F2N3O. The number of hydrogen-bond donors (Lipinski definition) is 1. The van der Waals surface area contributed by atoms with Crippen LogP contribution in [0.4, 0.5) is 20.2 Å². The minimum atomic E-state index is -1.01. The SMILES string of the molecule is CCN(Cc1ccccc1)c1cncc(C(=O)Nc2ccc(F)c(F)c2)c1. The van der Waals surface area contributed by atoms with Crippen molar-refractivity contribution in [2.75, 3.05) is 16.8 Å². The van der Waals surface area contributed by atoms with Crippen LogP contribution in [0.25, 0.3) is 0 Å². The van der Waals surface area contributed by atoms with Crippen molar-refractivity contribution in [3.63, 3.8) is 0 Å². The van der Waals surface area contributed by atoms with Crippen molar-refractivity contribution in [2.24, 2.45) is 0 Å². The first-order valence-corrected chi connectivity index (χ1v) is 8.57. The molecule has 0 spiro atoms. The van der Waals surface area contributed by atoms with Crippen molar-refractivity contribution in [3.05, 3.63) is 89.8 Å². The van der Waals surface area contributed by atoms with Crippen LogP contribution in [0, 0.1) is 11.6 Å². The molecular weight excluding hydrogens is 348 g/mol. The van der Waals surface area contributed by atoms with Gasteiger partial charge in [0.25, 0.3) is 5.91 Å². The molecule has 1 N–H and O–H groups in total. The Kier molecular flexibility index (Phi) is 5.76. The Morgan fingerprint density at radius 2 is 1.81 bits per heavy atom. The van der Waals surface area contributed by atoms with E-state index in [0.717, 1.165) is 29.9 Å². The largest absolute Gasteiger partial charge is 0.366 e. The van der Waals surface area contributed by atoms with Crippen molar-refractivity contribution < 1.29 is 13.6 Å². The Hall–Kier alpha value is -3.28. The maximum Gasteiger partial charge on any atom is 0.257 e. The summed E-state index contributed by atoms with van der Waals surface area (Å²) in [5.41, 5.74) is 2.47. The van der Waals surface area contributed by atoms with Crippen LogP contribution in [0.5, 0.6) is 0 Å². The highest BCUT2D eigenvalue weighted by atomic mass is 19.2. The van der Waals surface area contributed by atoms with Crippen LogP contribution in [0.1, 0.15) is 22.8 Å². The molecule has 0 aliphatic rings. The lowest BCUT2D eigenvalue weighted by Gasteiger charge is -2.23. The zero-order valence-corrected chi connectivity index (χ0v) is 14.8. The molecule has 0 unspecified atom stereocenters. The maximum atomic E-state index is 13.3. The van der Waals surface area contributed by atoms with Crippen molar-refractivity contribution in [3.8, 4) is 0 Å². The van der Waals surface area contributed by atoms with Crippen LogP contribution in [0.15, 0.2) is 67.0 Å². The van der Waals surface area contributed by atoms with E-state index in [1.807, 2.05) is 37.3 Å². The molecule has 0 saturated heterocycles. The summed E-state index contributed by atoms with van der Waals surface area (Å²) in [5, 5.41) is 2.56. The molecule has 27 heavy (non-hydrogen) atoms. The van der Waals surface area contributed by atoms with Crippen molar-refractivity contribution in [2.45, 2.75) is 13.5 Å². The second-order valence-electron chi connectivity index (χ2n) is 6.01.